The summed E-state index contributed by atoms with van der Waals surface area (Å²) in [6, 6.07) is 0. The van der Waals surface area contributed by atoms with Crippen LogP contribution in [0.5, 0.6) is 0 Å². The summed E-state index contributed by atoms with van der Waals surface area (Å²) in [5.41, 5.74) is 0. The molecule has 0 saturated carbocycles. The molecule has 1 aliphatic rings. The molecule has 1 heteroatoms. The lowest BCUT2D eigenvalue weighted by Crippen LogP contribution is -2.34. The first-order valence-corrected chi connectivity index (χ1v) is 5.96. The van der Waals surface area contributed by atoms with Gasteiger partial charge < -0.3 is 0 Å². The SMILES string of the molecule is C/C=C/C(=O)C1C(C)C=CC(C)C1CC. The van der Waals surface area contributed by atoms with Crippen LogP contribution in [0, 0.1) is 23.7 Å². The summed E-state index contributed by atoms with van der Waals surface area (Å²) in [5, 5.41) is 0. The van der Waals surface area contributed by atoms with Crippen LogP contribution in [0.3, 0.4) is 0 Å². The van der Waals surface area contributed by atoms with Crippen molar-refractivity contribution < 1.29 is 4.79 Å². The zero-order chi connectivity index (χ0) is 11.4. The van der Waals surface area contributed by atoms with E-state index in [-0.39, 0.29) is 5.92 Å². The highest BCUT2D eigenvalue weighted by atomic mass is 16.1. The van der Waals surface area contributed by atoms with Crippen molar-refractivity contribution in [2.24, 2.45) is 23.7 Å². The third-order valence-corrected chi connectivity index (χ3v) is 3.55. The molecule has 4 unspecified atom stereocenters. The van der Waals surface area contributed by atoms with Crippen LogP contribution in [-0.4, -0.2) is 5.78 Å². The molecule has 0 fully saturated rings. The van der Waals surface area contributed by atoms with Gasteiger partial charge in [0.15, 0.2) is 5.78 Å². The minimum absolute atomic E-state index is 0.186. The summed E-state index contributed by atoms with van der Waals surface area (Å²) in [7, 11) is 0. The van der Waals surface area contributed by atoms with Gasteiger partial charge in [-0.05, 0) is 30.8 Å². The molecule has 15 heavy (non-hydrogen) atoms. The van der Waals surface area contributed by atoms with E-state index in [1.54, 1.807) is 6.08 Å². The first kappa shape index (κ1) is 12.2. The van der Waals surface area contributed by atoms with Crippen molar-refractivity contribution >= 4 is 5.78 Å². The largest absolute Gasteiger partial charge is 0.295 e. The predicted octanol–water partition coefficient (Wildman–Crippen LogP) is 3.62. The van der Waals surface area contributed by atoms with Crippen LogP contribution in [0.1, 0.15) is 34.1 Å². The average Bonchev–Trinajstić information content (AvgIpc) is 2.21. The minimum Gasteiger partial charge on any atom is -0.295 e. The molecule has 0 aromatic carbocycles. The molecule has 0 radical (unpaired) electrons. The maximum Gasteiger partial charge on any atom is 0.159 e. The lowest BCUT2D eigenvalue weighted by Gasteiger charge is -2.35. The van der Waals surface area contributed by atoms with Crippen LogP contribution >= 0.6 is 0 Å². The lowest BCUT2D eigenvalue weighted by atomic mass is 9.68. The minimum atomic E-state index is 0.186. The number of hydrogen-bond donors (Lipinski definition) is 0. The molecule has 0 bridgehead atoms. The third-order valence-electron chi connectivity index (χ3n) is 3.55. The van der Waals surface area contributed by atoms with Gasteiger partial charge in [-0.1, -0.05) is 45.4 Å². The topological polar surface area (TPSA) is 17.1 Å². The van der Waals surface area contributed by atoms with Gasteiger partial charge in [0.25, 0.3) is 0 Å². The van der Waals surface area contributed by atoms with E-state index < -0.39 is 0 Å². The summed E-state index contributed by atoms with van der Waals surface area (Å²) >= 11 is 0. The fourth-order valence-corrected chi connectivity index (χ4v) is 2.70. The van der Waals surface area contributed by atoms with E-state index in [1.807, 2.05) is 13.0 Å². The molecule has 1 nitrogen and oxygen atoms in total. The molecule has 0 aliphatic heterocycles. The smallest absolute Gasteiger partial charge is 0.159 e. The molecule has 4 atom stereocenters. The Kier molecular flexibility index (Phi) is 4.31. The van der Waals surface area contributed by atoms with E-state index >= 15 is 0 Å². The number of ketones is 1. The quantitative estimate of drug-likeness (QED) is 0.509. The van der Waals surface area contributed by atoms with E-state index in [2.05, 4.69) is 32.9 Å². The maximum atomic E-state index is 12.0. The van der Waals surface area contributed by atoms with Crippen LogP contribution in [0.15, 0.2) is 24.3 Å². The van der Waals surface area contributed by atoms with Crippen molar-refractivity contribution in [3.8, 4) is 0 Å². The Morgan fingerprint density at radius 1 is 1.27 bits per heavy atom. The molecule has 0 aromatic rings. The molecule has 1 aliphatic carbocycles. The molecule has 84 valence electrons. The van der Waals surface area contributed by atoms with Crippen LogP contribution in [-0.2, 0) is 4.79 Å². The summed E-state index contributed by atoms with van der Waals surface area (Å²) < 4.78 is 0. The fourth-order valence-electron chi connectivity index (χ4n) is 2.70. The third kappa shape index (κ3) is 2.58. The Bertz CT molecular complexity index is 275. The van der Waals surface area contributed by atoms with Crippen LogP contribution in [0.2, 0.25) is 0 Å². The normalized spacial score (nSPS) is 36.0. The Morgan fingerprint density at radius 3 is 2.40 bits per heavy atom. The van der Waals surface area contributed by atoms with Crippen LogP contribution < -0.4 is 0 Å². The maximum absolute atomic E-state index is 12.0. The van der Waals surface area contributed by atoms with Gasteiger partial charge in [-0.2, -0.15) is 0 Å². The number of carbonyl (C=O) groups is 1. The second-order valence-corrected chi connectivity index (χ2v) is 4.60. The highest BCUT2D eigenvalue weighted by molar-refractivity contribution is 5.92. The van der Waals surface area contributed by atoms with Gasteiger partial charge in [0.1, 0.15) is 0 Å². The second kappa shape index (κ2) is 5.29. The summed E-state index contributed by atoms with van der Waals surface area (Å²) in [4.78, 5) is 12.0. The van der Waals surface area contributed by atoms with Crippen molar-refractivity contribution in [3.63, 3.8) is 0 Å². The summed E-state index contributed by atoms with van der Waals surface area (Å²) in [6.07, 6.45) is 9.13. The van der Waals surface area contributed by atoms with Gasteiger partial charge in [0.05, 0.1) is 0 Å². The molecular formula is C14H22O. The van der Waals surface area contributed by atoms with E-state index in [9.17, 15) is 4.79 Å². The molecule has 0 N–H and O–H groups in total. The Morgan fingerprint density at radius 2 is 1.87 bits per heavy atom. The Labute approximate surface area is 93.3 Å². The van der Waals surface area contributed by atoms with E-state index in [1.165, 1.54) is 0 Å². The Balaban J connectivity index is 2.91. The number of hydrogen-bond acceptors (Lipinski definition) is 1. The van der Waals surface area contributed by atoms with Gasteiger partial charge in [-0.25, -0.2) is 0 Å². The lowest BCUT2D eigenvalue weighted by molar-refractivity contribution is -0.121. The number of allylic oxidation sites excluding steroid dienone is 4. The molecular weight excluding hydrogens is 184 g/mol. The highest BCUT2D eigenvalue weighted by Gasteiger charge is 2.34. The predicted molar refractivity (Wildman–Crippen MR) is 64.6 cm³/mol. The molecule has 0 aromatic heterocycles. The van der Waals surface area contributed by atoms with E-state index in [4.69, 9.17) is 0 Å². The number of carbonyl (C=O) groups excluding carboxylic acids is 1. The first-order valence-electron chi connectivity index (χ1n) is 5.96. The first-order chi connectivity index (χ1) is 7.11. The molecule has 0 saturated heterocycles. The second-order valence-electron chi connectivity index (χ2n) is 4.60. The van der Waals surface area contributed by atoms with Crippen molar-refractivity contribution in [2.45, 2.75) is 34.1 Å². The van der Waals surface area contributed by atoms with E-state index in [0.717, 1.165) is 6.42 Å². The monoisotopic (exact) mass is 206 g/mol. The fraction of sp³-hybridized carbons (Fsp3) is 0.643. The van der Waals surface area contributed by atoms with Crippen molar-refractivity contribution in [2.75, 3.05) is 0 Å². The Hall–Kier alpha value is -0.850. The van der Waals surface area contributed by atoms with Crippen molar-refractivity contribution in [1.82, 2.24) is 0 Å². The summed E-state index contributed by atoms with van der Waals surface area (Å²) in [6.45, 7) is 8.46. The van der Waals surface area contributed by atoms with E-state index in [0.29, 0.717) is 23.5 Å². The van der Waals surface area contributed by atoms with Crippen LogP contribution in [0.25, 0.3) is 0 Å². The number of rotatable bonds is 3. The molecule has 0 amide bonds. The van der Waals surface area contributed by atoms with Crippen LogP contribution in [0.4, 0.5) is 0 Å². The van der Waals surface area contributed by atoms with Gasteiger partial charge in [-0.15, -0.1) is 0 Å². The standard InChI is InChI=1S/C14H22O/c1-5-7-13(15)14-11(4)9-8-10(3)12(14)6-2/h5,7-12,14H,6H2,1-4H3/b7-5+. The zero-order valence-corrected chi connectivity index (χ0v) is 10.2. The van der Waals surface area contributed by atoms with Gasteiger partial charge in [-0.3, -0.25) is 4.79 Å². The van der Waals surface area contributed by atoms with Crippen molar-refractivity contribution in [1.29, 1.82) is 0 Å². The molecule has 0 heterocycles. The van der Waals surface area contributed by atoms with Crippen molar-refractivity contribution in [3.05, 3.63) is 24.3 Å². The zero-order valence-electron chi connectivity index (χ0n) is 10.2. The van der Waals surface area contributed by atoms with Gasteiger partial charge in [0.2, 0.25) is 0 Å². The molecule has 0 spiro atoms. The average molecular weight is 206 g/mol. The highest BCUT2D eigenvalue weighted by Crippen LogP contribution is 2.36. The summed E-state index contributed by atoms with van der Waals surface area (Å²) in [5.74, 6) is 1.91. The van der Waals surface area contributed by atoms with Gasteiger partial charge >= 0.3 is 0 Å². The van der Waals surface area contributed by atoms with Gasteiger partial charge in [0, 0.05) is 5.92 Å². The molecule has 1 rings (SSSR count).